The summed E-state index contributed by atoms with van der Waals surface area (Å²) in [4.78, 5) is 23.8. The topological polar surface area (TPSA) is 85.2 Å². The third-order valence-electron chi connectivity index (χ3n) is 3.26. The molecule has 0 aliphatic rings. The molecule has 3 rings (SSSR count). The maximum Gasteiger partial charge on any atom is 0.307 e. The van der Waals surface area contributed by atoms with E-state index in [1.807, 2.05) is 6.92 Å². The van der Waals surface area contributed by atoms with E-state index in [4.69, 9.17) is 0 Å². The summed E-state index contributed by atoms with van der Waals surface area (Å²) in [5.41, 5.74) is 1.55. The van der Waals surface area contributed by atoms with E-state index in [2.05, 4.69) is 4.72 Å². The molecule has 1 amide bonds. The molecule has 120 valence electrons. The maximum atomic E-state index is 12.4. The average molecular weight is 368 g/mol. The van der Waals surface area contributed by atoms with E-state index >= 15 is 0 Å². The van der Waals surface area contributed by atoms with Crippen molar-refractivity contribution < 1.29 is 13.2 Å². The van der Waals surface area contributed by atoms with Crippen LogP contribution in [0, 0.1) is 6.92 Å². The summed E-state index contributed by atoms with van der Waals surface area (Å²) in [7, 11) is -2.37. The van der Waals surface area contributed by atoms with Crippen molar-refractivity contribution in [1.29, 1.82) is 0 Å². The molecular weight excluding hydrogens is 356 g/mol. The number of amides is 1. The van der Waals surface area contributed by atoms with Crippen LogP contribution in [0.2, 0.25) is 0 Å². The van der Waals surface area contributed by atoms with Gasteiger partial charge in [0.2, 0.25) is 0 Å². The Morgan fingerprint density at radius 3 is 2.65 bits per heavy atom. The zero-order valence-electron chi connectivity index (χ0n) is 12.2. The van der Waals surface area contributed by atoms with Crippen molar-refractivity contribution in [3.05, 3.63) is 49.8 Å². The summed E-state index contributed by atoms with van der Waals surface area (Å²) < 4.78 is 28.8. The van der Waals surface area contributed by atoms with Crippen LogP contribution in [0.15, 0.2) is 39.3 Å². The fourth-order valence-electron chi connectivity index (χ4n) is 2.06. The molecule has 9 heteroatoms. The normalized spacial score (nSPS) is 11.7. The van der Waals surface area contributed by atoms with E-state index in [1.54, 1.807) is 24.6 Å². The van der Waals surface area contributed by atoms with Crippen LogP contribution < -0.4 is 9.60 Å². The molecule has 23 heavy (non-hydrogen) atoms. The molecule has 0 radical (unpaired) electrons. The number of thiazole rings is 1. The molecule has 0 aliphatic heterocycles. The number of aromatic nitrogens is 1. The van der Waals surface area contributed by atoms with Gasteiger partial charge in [0.05, 0.1) is 20.0 Å². The third-order valence-corrected chi connectivity index (χ3v) is 6.63. The molecule has 1 aromatic carbocycles. The van der Waals surface area contributed by atoms with Gasteiger partial charge in [-0.1, -0.05) is 11.3 Å². The zero-order valence-corrected chi connectivity index (χ0v) is 14.6. The minimum atomic E-state index is -3.99. The van der Waals surface area contributed by atoms with Gasteiger partial charge in [0.15, 0.2) is 0 Å². The fourth-order valence-corrected chi connectivity index (χ4v) is 4.91. The Bertz CT molecular complexity index is 1070. The van der Waals surface area contributed by atoms with Crippen molar-refractivity contribution >= 4 is 48.8 Å². The van der Waals surface area contributed by atoms with Crippen LogP contribution in [0.1, 0.15) is 15.2 Å². The molecular formula is C14H12N2O4S3. The van der Waals surface area contributed by atoms with Gasteiger partial charge in [-0.2, -0.15) is 0 Å². The Labute approximate surface area is 140 Å². The number of fused-ring (bicyclic) bond motifs is 1. The predicted molar refractivity (Wildman–Crippen MR) is 90.8 cm³/mol. The van der Waals surface area contributed by atoms with Crippen molar-refractivity contribution in [2.45, 2.75) is 11.8 Å². The Hall–Kier alpha value is -1.97. The summed E-state index contributed by atoms with van der Waals surface area (Å²) in [6, 6.07) is 5.96. The van der Waals surface area contributed by atoms with Crippen molar-refractivity contribution in [3.8, 4) is 0 Å². The molecule has 1 N–H and O–H groups in total. The lowest BCUT2D eigenvalue weighted by Gasteiger charge is -2.06. The molecule has 0 saturated heterocycles. The summed E-state index contributed by atoms with van der Waals surface area (Å²) in [5.74, 6) is -0.663. The Balaban J connectivity index is 1.96. The summed E-state index contributed by atoms with van der Waals surface area (Å²) >= 11 is 2.14. The number of rotatable bonds is 3. The van der Waals surface area contributed by atoms with E-state index < -0.39 is 15.9 Å². The van der Waals surface area contributed by atoms with E-state index in [0.29, 0.717) is 15.1 Å². The van der Waals surface area contributed by atoms with Gasteiger partial charge >= 0.3 is 4.87 Å². The largest absolute Gasteiger partial charge is 0.307 e. The van der Waals surface area contributed by atoms with Gasteiger partial charge in [0, 0.05) is 7.05 Å². The molecule has 0 spiro atoms. The first-order valence-corrected chi connectivity index (χ1v) is 9.68. The third kappa shape index (κ3) is 2.94. The molecule has 0 aliphatic carbocycles. The minimum Gasteiger partial charge on any atom is -0.302 e. The number of carbonyl (C=O) groups is 1. The molecule has 2 aromatic heterocycles. The first kappa shape index (κ1) is 15.9. The second-order valence-corrected chi connectivity index (χ2v) is 8.57. The lowest BCUT2D eigenvalue weighted by molar-refractivity contribution is 0.0985. The minimum absolute atomic E-state index is 0.0477. The molecule has 0 bridgehead atoms. The highest BCUT2D eigenvalue weighted by atomic mass is 32.2. The van der Waals surface area contributed by atoms with Crippen molar-refractivity contribution in [2.24, 2.45) is 7.05 Å². The number of hydrogen-bond donors (Lipinski definition) is 1. The van der Waals surface area contributed by atoms with E-state index in [0.717, 1.165) is 16.9 Å². The first-order chi connectivity index (χ1) is 10.8. The van der Waals surface area contributed by atoms with Crippen LogP contribution in [0.25, 0.3) is 10.2 Å². The molecule has 3 aromatic rings. The number of benzene rings is 1. The van der Waals surface area contributed by atoms with E-state index in [1.165, 1.54) is 28.0 Å². The second kappa shape index (κ2) is 5.59. The van der Waals surface area contributed by atoms with Crippen LogP contribution in [0.4, 0.5) is 0 Å². The number of sulfonamides is 1. The highest BCUT2D eigenvalue weighted by Crippen LogP contribution is 2.21. The standard InChI is InChI=1S/C14H12N2O4S3/c1-8-5-12(21-7-8)13(17)15-23(19,20)9-3-4-10-11(6-9)22-14(18)16(10)2/h3-7H,1-2H3,(H,15,17). The van der Waals surface area contributed by atoms with Gasteiger partial charge in [-0.05, 0) is 42.1 Å². The van der Waals surface area contributed by atoms with Crippen molar-refractivity contribution in [2.75, 3.05) is 0 Å². The van der Waals surface area contributed by atoms with Crippen LogP contribution >= 0.6 is 22.7 Å². The highest BCUT2D eigenvalue weighted by Gasteiger charge is 2.20. The Kier molecular flexibility index (Phi) is 3.86. The lowest BCUT2D eigenvalue weighted by Crippen LogP contribution is -2.29. The van der Waals surface area contributed by atoms with Crippen LogP contribution in [-0.4, -0.2) is 18.9 Å². The molecule has 0 saturated carbocycles. The van der Waals surface area contributed by atoms with Gasteiger partial charge in [0.1, 0.15) is 0 Å². The van der Waals surface area contributed by atoms with Crippen LogP contribution in [0.5, 0.6) is 0 Å². The van der Waals surface area contributed by atoms with Gasteiger partial charge in [-0.15, -0.1) is 11.3 Å². The molecule has 6 nitrogen and oxygen atoms in total. The SMILES string of the molecule is Cc1csc(C(=O)NS(=O)(=O)c2ccc3c(c2)sc(=O)n3C)c1. The molecule has 0 atom stereocenters. The van der Waals surface area contributed by atoms with E-state index in [9.17, 15) is 18.0 Å². The smallest absolute Gasteiger partial charge is 0.302 e. The Morgan fingerprint density at radius 2 is 2.00 bits per heavy atom. The number of nitrogens with one attached hydrogen (secondary N) is 1. The van der Waals surface area contributed by atoms with Gasteiger partial charge in [0.25, 0.3) is 15.9 Å². The zero-order chi connectivity index (χ0) is 16.8. The van der Waals surface area contributed by atoms with Crippen molar-refractivity contribution in [1.82, 2.24) is 9.29 Å². The number of carbonyl (C=O) groups excluding carboxylic acids is 1. The predicted octanol–water partition coefficient (Wildman–Crippen LogP) is 2.09. The lowest BCUT2D eigenvalue weighted by atomic mass is 10.3. The maximum absolute atomic E-state index is 12.4. The summed E-state index contributed by atoms with van der Waals surface area (Å²) in [6.45, 7) is 1.83. The van der Waals surface area contributed by atoms with Crippen LogP contribution in [-0.2, 0) is 17.1 Å². The van der Waals surface area contributed by atoms with E-state index in [-0.39, 0.29) is 9.77 Å². The molecule has 2 heterocycles. The quantitative estimate of drug-likeness (QED) is 0.767. The average Bonchev–Trinajstić information content (AvgIpc) is 3.03. The van der Waals surface area contributed by atoms with Crippen LogP contribution in [0.3, 0.4) is 0 Å². The summed E-state index contributed by atoms with van der Waals surface area (Å²) in [5, 5.41) is 1.77. The van der Waals surface area contributed by atoms with Gasteiger partial charge in [-0.25, -0.2) is 13.1 Å². The van der Waals surface area contributed by atoms with Crippen molar-refractivity contribution in [3.63, 3.8) is 0 Å². The number of hydrogen-bond acceptors (Lipinski definition) is 6. The molecule has 0 unspecified atom stereocenters. The number of aryl methyl sites for hydroxylation is 2. The highest BCUT2D eigenvalue weighted by molar-refractivity contribution is 7.90. The fraction of sp³-hybridized carbons (Fsp3) is 0.143. The summed E-state index contributed by atoms with van der Waals surface area (Å²) in [6.07, 6.45) is 0. The molecule has 0 fully saturated rings. The van der Waals surface area contributed by atoms with Gasteiger partial charge < -0.3 is 4.57 Å². The number of nitrogens with zero attached hydrogens (tertiary/aromatic N) is 1. The Morgan fingerprint density at radius 1 is 1.26 bits per heavy atom. The first-order valence-electron chi connectivity index (χ1n) is 6.50. The monoisotopic (exact) mass is 368 g/mol. The second-order valence-electron chi connectivity index (χ2n) is 4.98. The van der Waals surface area contributed by atoms with Gasteiger partial charge in [-0.3, -0.25) is 9.59 Å². The number of thiophene rings is 1.